The summed E-state index contributed by atoms with van der Waals surface area (Å²) in [6.07, 6.45) is 0. The summed E-state index contributed by atoms with van der Waals surface area (Å²) in [5.41, 5.74) is 2.08. The Morgan fingerprint density at radius 1 is 1.19 bits per heavy atom. The van der Waals surface area contributed by atoms with Crippen molar-refractivity contribution < 1.29 is 4.79 Å². The zero-order valence-corrected chi connectivity index (χ0v) is 10.8. The van der Waals surface area contributed by atoms with Crippen LogP contribution in [-0.2, 0) is 0 Å². The highest BCUT2D eigenvalue weighted by molar-refractivity contribution is 7.20. The topological polar surface area (TPSA) is 17.1 Å². The Bertz CT molecular complexity index is 546. The molecule has 1 heterocycles. The summed E-state index contributed by atoms with van der Waals surface area (Å²) < 4.78 is 0.972. The van der Waals surface area contributed by atoms with Crippen molar-refractivity contribution in [2.45, 2.75) is 6.92 Å². The lowest BCUT2D eigenvalue weighted by Gasteiger charge is -2.02. The van der Waals surface area contributed by atoms with Gasteiger partial charge in [-0.2, -0.15) is 0 Å². The third-order valence-corrected chi connectivity index (χ3v) is 3.78. The van der Waals surface area contributed by atoms with Gasteiger partial charge in [-0.3, -0.25) is 4.79 Å². The van der Waals surface area contributed by atoms with Gasteiger partial charge in [0.05, 0.1) is 9.90 Å². The van der Waals surface area contributed by atoms with E-state index in [0.29, 0.717) is 19.8 Å². The predicted molar refractivity (Wildman–Crippen MR) is 69.0 cm³/mol. The fourth-order valence-corrected chi connectivity index (χ4v) is 2.93. The number of hydrogen-bond acceptors (Lipinski definition) is 2. The summed E-state index contributed by atoms with van der Waals surface area (Å²) in [6, 6.07) is 9.04. The fraction of sp³-hybridized carbons (Fsp3) is 0.0833. The van der Waals surface area contributed by atoms with Crippen LogP contribution in [0.5, 0.6) is 0 Å². The Kier molecular flexibility index (Phi) is 3.33. The number of carbonyl (C=O) groups is 1. The molecule has 0 saturated heterocycles. The van der Waals surface area contributed by atoms with Gasteiger partial charge in [-0.15, -0.1) is 11.3 Å². The summed E-state index contributed by atoms with van der Waals surface area (Å²) in [6.45, 7) is 1.90. The van der Waals surface area contributed by atoms with Gasteiger partial charge in [0.25, 0.3) is 0 Å². The van der Waals surface area contributed by atoms with Gasteiger partial charge in [0.2, 0.25) is 0 Å². The lowest BCUT2D eigenvalue weighted by Crippen LogP contribution is -2.02. The molecule has 0 saturated carbocycles. The number of hydrogen-bond donors (Lipinski definition) is 0. The van der Waals surface area contributed by atoms with E-state index in [1.54, 1.807) is 12.1 Å². The molecule has 0 unspecified atom stereocenters. The quantitative estimate of drug-likeness (QED) is 0.730. The minimum absolute atomic E-state index is 0.0775. The normalized spacial score (nSPS) is 10.4. The van der Waals surface area contributed by atoms with E-state index in [-0.39, 0.29) is 5.78 Å². The Morgan fingerprint density at radius 2 is 1.88 bits per heavy atom. The first-order valence-electron chi connectivity index (χ1n) is 4.65. The first-order chi connectivity index (χ1) is 7.59. The lowest BCUT2D eigenvalue weighted by atomic mass is 10.0. The molecule has 82 valence electrons. The summed E-state index contributed by atoms with van der Waals surface area (Å²) in [7, 11) is 0. The second kappa shape index (κ2) is 4.58. The summed E-state index contributed by atoms with van der Waals surface area (Å²) in [5, 5.41) is 0. The highest BCUT2D eigenvalue weighted by atomic mass is 35.5. The molecule has 0 bridgehead atoms. The molecule has 16 heavy (non-hydrogen) atoms. The Hall–Kier alpha value is -0.830. The third-order valence-electron chi connectivity index (χ3n) is 2.29. The molecular formula is C12H8Cl2OS. The van der Waals surface area contributed by atoms with Gasteiger partial charge in [-0.25, -0.2) is 0 Å². The largest absolute Gasteiger partial charge is 0.289 e. The molecule has 0 aliphatic heterocycles. The number of carbonyl (C=O) groups excluding carboxylic acids is 1. The first-order valence-corrected chi connectivity index (χ1v) is 6.22. The molecule has 2 rings (SSSR count). The molecule has 1 nitrogen and oxygen atoms in total. The molecule has 0 aliphatic carbocycles. The van der Waals surface area contributed by atoms with Crippen LogP contribution in [0.4, 0.5) is 0 Å². The van der Waals surface area contributed by atoms with E-state index < -0.39 is 0 Å². The molecule has 0 atom stereocenters. The van der Waals surface area contributed by atoms with Crippen LogP contribution < -0.4 is 0 Å². The van der Waals surface area contributed by atoms with E-state index >= 15 is 0 Å². The molecule has 0 aliphatic rings. The van der Waals surface area contributed by atoms with Crippen LogP contribution >= 0.6 is 34.5 Å². The molecular weight excluding hydrogens is 263 g/mol. The lowest BCUT2D eigenvalue weighted by molar-refractivity contribution is 0.103. The van der Waals surface area contributed by atoms with E-state index in [0.717, 1.165) is 5.56 Å². The monoisotopic (exact) mass is 270 g/mol. The summed E-state index contributed by atoms with van der Waals surface area (Å²) in [5.74, 6) is -0.0775. The number of halogens is 2. The van der Waals surface area contributed by atoms with Crippen LogP contribution in [0.3, 0.4) is 0 Å². The standard InChI is InChI=1S/C12H8Cl2OS/c1-7-4-2-3-5-8(7)11(15)9-6-10(13)16-12(9)14/h2-6H,1H3. The maximum atomic E-state index is 12.2. The van der Waals surface area contributed by atoms with Crippen LogP contribution in [0.1, 0.15) is 21.5 Å². The van der Waals surface area contributed by atoms with E-state index in [2.05, 4.69) is 0 Å². The van der Waals surface area contributed by atoms with Gasteiger partial charge in [-0.1, -0.05) is 47.5 Å². The van der Waals surface area contributed by atoms with Crippen molar-refractivity contribution in [3.63, 3.8) is 0 Å². The van der Waals surface area contributed by atoms with Crippen LogP contribution in [0.15, 0.2) is 30.3 Å². The smallest absolute Gasteiger partial charge is 0.195 e. The molecule has 0 spiro atoms. The molecule has 0 fully saturated rings. The SMILES string of the molecule is Cc1ccccc1C(=O)c1cc(Cl)sc1Cl. The van der Waals surface area contributed by atoms with Crippen molar-refractivity contribution in [2.24, 2.45) is 0 Å². The minimum Gasteiger partial charge on any atom is -0.289 e. The van der Waals surface area contributed by atoms with Gasteiger partial charge >= 0.3 is 0 Å². The Balaban J connectivity index is 2.47. The van der Waals surface area contributed by atoms with Gasteiger partial charge in [0, 0.05) is 5.56 Å². The highest BCUT2D eigenvalue weighted by Gasteiger charge is 2.17. The van der Waals surface area contributed by atoms with Crippen molar-refractivity contribution in [3.05, 3.63) is 55.7 Å². The first kappa shape index (κ1) is 11.6. The molecule has 1 aromatic heterocycles. The van der Waals surface area contributed by atoms with Crippen molar-refractivity contribution in [1.82, 2.24) is 0 Å². The summed E-state index contributed by atoms with van der Waals surface area (Å²) >= 11 is 13.0. The van der Waals surface area contributed by atoms with Crippen LogP contribution in [0.2, 0.25) is 8.67 Å². The fourth-order valence-electron chi connectivity index (χ4n) is 1.47. The average Bonchev–Trinajstić information content (AvgIpc) is 2.58. The van der Waals surface area contributed by atoms with Crippen LogP contribution in [0, 0.1) is 6.92 Å². The number of aryl methyl sites for hydroxylation is 1. The zero-order chi connectivity index (χ0) is 11.7. The van der Waals surface area contributed by atoms with Gasteiger partial charge in [0.1, 0.15) is 4.34 Å². The van der Waals surface area contributed by atoms with Crippen molar-refractivity contribution in [1.29, 1.82) is 0 Å². The van der Waals surface area contributed by atoms with Crippen LogP contribution in [-0.4, -0.2) is 5.78 Å². The van der Waals surface area contributed by atoms with Crippen molar-refractivity contribution >= 4 is 40.3 Å². The Labute approximate surface area is 108 Å². The molecule has 1 aromatic carbocycles. The third kappa shape index (κ3) is 2.14. The second-order valence-electron chi connectivity index (χ2n) is 3.38. The maximum absolute atomic E-state index is 12.2. The zero-order valence-electron chi connectivity index (χ0n) is 8.46. The number of ketones is 1. The number of thiophene rings is 1. The molecule has 0 amide bonds. The van der Waals surface area contributed by atoms with Crippen molar-refractivity contribution in [2.75, 3.05) is 0 Å². The van der Waals surface area contributed by atoms with Crippen LogP contribution in [0.25, 0.3) is 0 Å². The predicted octanol–water partition coefficient (Wildman–Crippen LogP) is 4.59. The molecule has 0 N–H and O–H groups in total. The van der Waals surface area contributed by atoms with E-state index in [1.807, 2.05) is 25.1 Å². The Morgan fingerprint density at radius 3 is 2.44 bits per heavy atom. The number of rotatable bonds is 2. The molecule has 4 heteroatoms. The summed E-state index contributed by atoms with van der Waals surface area (Å²) in [4.78, 5) is 12.2. The highest BCUT2D eigenvalue weighted by Crippen LogP contribution is 2.32. The maximum Gasteiger partial charge on any atom is 0.195 e. The van der Waals surface area contributed by atoms with Gasteiger partial charge < -0.3 is 0 Å². The van der Waals surface area contributed by atoms with E-state index in [4.69, 9.17) is 23.2 Å². The van der Waals surface area contributed by atoms with Gasteiger partial charge in [0.15, 0.2) is 5.78 Å². The second-order valence-corrected chi connectivity index (χ2v) is 5.67. The molecule has 2 aromatic rings. The number of benzene rings is 1. The van der Waals surface area contributed by atoms with Gasteiger partial charge in [-0.05, 0) is 18.6 Å². The molecule has 0 radical (unpaired) electrons. The van der Waals surface area contributed by atoms with E-state index in [9.17, 15) is 4.79 Å². The minimum atomic E-state index is -0.0775. The van der Waals surface area contributed by atoms with E-state index in [1.165, 1.54) is 11.3 Å². The average molecular weight is 271 g/mol. The van der Waals surface area contributed by atoms with Crippen molar-refractivity contribution in [3.8, 4) is 0 Å².